The SMILES string of the molecule is Cc1ccccc1OCCNC(=O)NC1CC1. The fourth-order valence-electron chi connectivity index (χ4n) is 1.51. The van der Waals surface area contributed by atoms with Crippen LogP contribution in [0.5, 0.6) is 5.75 Å². The van der Waals surface area contributed by atoms with Crippen LogP contribution in [0.15, 0.2) is 24.3 Å². The van der Waals surface area contributed by atoms with Crippen molar-refractivity contribution in [1.29, 1.82) is 0 Å². The van der Waals surface area contributed by atoms with Crippen LogP contribution >= 0.6 is 0 Å². The molecule has 4 nitrogen and oxygen atoms in total. The van der Waals surface area contributed by atoms with Gasteiger partial charge >= 0.3 is 6.03 Å². The predicted octanol–water partition coefficient (Wildman–Crippen LogP) is 1.84. The number of hydrogen-bond donors (Lipinski definition) is 2. The van der Waals surface area contributed by atoms with Gasteiger partial charge < -0.3 is 15.4 Å². The second-order valence-corrected chi connectivity index (χ2v) is 4.29. The quantitative estimate of drug-likeness (QED) is 0.764. The Labute approximate surface area is 101 Å². The zero-order chi connectivity index (χ0) is 12.1. The summed E-state index contributed by atoms with van der Waals surface area (Å²) >= 11 is 0. The van der Waals surface area contributed by atoms with Crippen LogP contribution in [0.25, 0.3) is 0 Å². The third-order valence-electron chi connectivity index (χ3n) is 2.65. The van der Waals surface area contributed by atoms with Crippen molar-refractivity contribution in [1.82, 2.24) is 10.6 Å². The molecular weight excluding hydrogens is 216 g/mol. The third-order valence-corrected chi connectivity index (χ3v) is 2.65. The lowest BCUT2D eigenvalue weighted by molar-refractivity contribution is 0.236. The molecule has 1 aliphatic rings. The minimum Gasteiger partial charge on any atom is -0.491 e. The first-order valence-electron chi connectivity index (χ1n) is 5.98. The van der Waals surface area contributed by atoms with E-state index in [2.05, 4.69) is 10.6 Å². The molecule has 1 fully saturated rings. The molecular formula is C13H18N2O2. The highest BCUT2D eigenvalue weighted by molar-refractivity contribution is 5.74. The van der Waals surface area contributed by atoms with E-state index < -0.39 is 0 Å². The summed E-state index contributed by atoms with van der Waals surface area (Å²) in [6.07, 6.45) is 2.21. The molecule has 0 unspecified atom stereocenters. The van der Waals surface area contributed by atoms with E-state index in [0.29, 0.717) is 19.2 Å². The predicted molar refractivity (Wildman–Crippen MR) is 66.2 cm³/mol. The second-order valence-electron chi connectivity index (χ2n) is 4.29. The molecule has 0 radical (unpaired) electrons. The van der Waals surface area contributed by atoms with Gasteiger partial charge in [0.25, 0.3) is 0 Å². The summed E-state index contributed by atoms with van der Waals surface area (Å²) in [4.78, 5) is 11.3. The van der Waals surface area contributed by atoms with Gasteiger partial charge in [0.05, 0.1) is 6.54 Å². The van der Waals surface area contributed by atoms with Gasteiger partial charge in [-0.05, 0) is 31.4 Å². The van der Waals surface area contributed by atoms with Crippen molar-refractivity contribution in [3.05, 3.63) is 29.8 Å². The lowest BCUT2D eigenvalue weighted by Gasteiger charge is -2.10. The maximum absolute atomic E-state index is 11.3. The molecule has 0 aromatic heterocycles. The van der Waals surface area contributed by atoms with Crippen LogP contribution in [-0.2, 0) is 0 Å². The van der Waals surface area contributed by atoms with Crippen LogP contribution < -0.4 is 15.4 Å². The molecule has 2 N–H and O–H groups in total. The van der Waals surface area contributed by atoms with Gasteiger partial charge in [-0.15, -0.1) is 0 Å². The molecule has 1 aromatic carbocycles. The molecule has 0 spiro atoms. The van der Waals surface area contributed by atoms with Gasteiger partial charge in [0.2, 0.25) is 0 Å². The van der Waals surface area contributed by atoms with E-state index in [1.807, 2.05) is 31.2 Å². The lowest BCUT2D eigenvalue weighted by atomic mass is 10.2. The van der Waals surface area contributed by atoms with Crippen molar-refractivity contribution >= 4 is 6.03 Å². The number of amides is 2. The van der Waals surface area contributed by atoms with Crippen LogP contribution in [0.4, 0.5) is 4.79 Å². The standard InChI is InChI=1S/C13H18N2O2/c1-10-4-2-3-5-12(10)17-9-8-14-13(16)15-11-6-7-11/h2-5,11H,6-9H2,1H3,(H2,14,15,16). The molecule has 17 heavy (non-hydrogen) atoms. The molecule has 0 saturated heterocycles. The van der Waals surface area contributed by atoms with Gasteiger partial charge in [0, 0.05) is 6.04 Å². The molecule has 2 amide bonds. The van der Waals surface area contributed by atoms with E-state index in [-0.39, 0.29) is 6.03 Å². The number of aryl methyl sites for hydroxylation is 1. The van der Waals surface area contributed by atoms with E-state index in [9.17, 15) is 4.79 Å². The number of carbonyl (C=O) groups excluding carboxylic acids is 1. The topological polar surface area (TPSA) is 50.4 Å². The number of urea groups is 1. The molecule has 4 heteroatoms. The highest BCUT2D eigenvalue weighted by atomic mass is 16.5. The largest absolute Gasteiger partial charge is 0.491 e. The molecule has 0 heterocycles. The normalized spacial score (nSPS) is 14.2. The molecule has 1 saturated carbocycles. The van der Waals surface area contributed by atoms with Crippen molar-refractivity contribution in [3.8, 4) is 5.75 Å². The number of rotatable bonds is 5. The Bertz CT molecular complexity index is 389. The number of nitrogens with one attached hydrogen (secondary N) is 2. The molecule has 0 aliphatic heterocycles. The van der Waals surface area contributed by atoms with E-state index in [4.69, 9.17) is 4.74 Å². The smallest absolute Gasteiger partial charge is 0.315 e. The first-order valence-corrected chi connectivity index (χ1v) is 5.98. The molecule has 1 aliphatic carbocycles. The van der Waals surface area contributed by atoms with E-state index in [0.717, 1.165) is 24.2 Å². The average molecular weight is 234 g/mol. The number of carbonyl (C=O) groups is 1. The summed E-state index contributed by atoms with van der Waals surface area (Å²) in [5.41, 5.74) is 1.11. The molecule has 1 aromatic rings. The Kier molecular flexibility index (Phi) is 3.85. The molecule has 2 rings (SSSR count). The summed E-state index contributed by atoms with van der Waals surface area (Å²) in [5.74, 6) is 0.872. The van der Waals surface area contributed by atoms with Crippen LogP contribution in [0.3, 0.4) is 0 Å². The van der Waals surface area contributed by atoms with Gasteiger partial charge in [-0.2, -0.15) is 0 Å². The summed E-state index contributed by atoms with van der Waals surface area (Å²) in [7, 11) is 0. The van der Waals surface area contributed by atoms with Crippen LogP contribution in [0.1, 0.15) is 18.4 Å². The van der Waals surface area contributed by atoms with Gasteiger partial charge in [-0.25, -0.2) is 4.79 Å². The molecule has 0 atom stereocenters. The second kappa shape index (κ2) is 5.57. The van der Waals surface area contributed by atoms with Crippen LogP contribution in [0.2, 0.25) is 0 Å². The monoisotopic (exact) mass is 234 g/mol. The van der Waals surface area contributed by atoms with Gasteiger partial charge in [-0.1, -0.05) is 18.2 Å². The minimum absolute atomic E-state index is 0.0964. The Hall–Kier alpha value is -1.71. The van der Waals surface area contributed by atoms with Gasteiger partial charge in [-0.3, -0.25) is 0 Å². The summed E-state index contributed by atoms with van der Waals surface area (Å²) in [6, 6.07) is 8.15. The van der Waals surface area contributed by atoms with E-state index in [1.165, 1.54) is 0 Å². The molecule has 0 bridgehead atoms. The van der Waals surface area contributed by atoms with Crippen molar-refractivity contribution in [2.24, 2.45) is 0 Å². The zero-order valence-corrected chi connectivity index (χ0v) is 10.0. The third kappa shape index (κ3) is 3.98. The van der Waals surface area contributed by atoms with Crippen molar-refractivity contribution in [2.75, 3.05) is 13.2 Å². The van der Waals surface area contributed by atoms with Crippen molar-refractivity contribution in [3.63, 3.8) is 0 Å². The Balaban J connectivity index is 1.62. The summed E-state index contributed by atoms with van der Waals surface area (Å²) in [5, 5.41) is 5.63. The number of benzene rings is 1. The average Bonchev–Trinajstić information content (AvgIpc) is 3.10. The minimum atomic E-state index is -0.0964. The first kappa shape index (κ1) is 11.8. The van der Waals surface area contributed by atoms with Crippen molar-refractivity contribution < 1.29 is 9.53 Å². The van der Waals surface area contributed by atoms with Crippen molar-refractivity contribution in [2.45, 2.75) is 25.8 Å². The highest BCUT2D eigenvalue weighted by Gasteiger charge is 2.22. The lowest BCUT2D eigenvalue weighted by Crippen LogP contribution is -2.38. The Morgan fingerprint density at radius 2 is 2.18 bits per heavy atom. The zero-order valence-electron chi connectivity index (χ0n) is 10.0. The fraction of sp³-hybridized carbons (Fsp3) is 0.462. The number of ether oxygens (including phenoxy) is 1. The fourth-order valence-corrected chi connectivity index (χ4v) is 1.51. The summed E-state index contributed by atoms with van der Waals surface area (Å²) < 4.78 is 5.57. The maximum Gasteiger partial charge on any atom is 0.315 e. The van der Waals surface area contributed by atoms with Crippen LogP contribution in [0, 0.1) is 6.92 Å². The molecule has 92 valence electrons. The van der Waals surface area contributed by atoms with Gasteiger partial charge in [0.15, 0.2) is 0 Å². The number of para-hydroxylation sites is 1. The van der Waals surface area contributed by atoms with Crippen LogP contribution in [-0.4, -0.2) is 25.2 Å². The number of hydrogen-bond acceptors (Lipinski definition) is 2. The first-order chi connectivity index (χ1) is 8.25. The Morgan fingerprint density at radius 3 is 2.88 bits per heavy atom. The maximum atomic E-state index is 11.3. The van der Waals surface area contributed by atoms with E-state index in [1.54, 1.807) is 0 Å². The van der Waals surface area contributed by atoms with Gasteiger partial charge in [0.1, 0.15) is 12.4 Å². The Morgan fingerprint density at radius 1 is 1.41 bits per heavy atom. The summed E-state index contributed by atoms with van der Waals surface area (Å²) in [6.45, 7) is 3.01. The van der Waals surface area contributed by atoms with E-state index >= 15 is 0 Å². The highest BCUT2D eigenvalue weighted by Crippen LogP contribution is 2.18.